The first-order valence-electron chi connectivity index (χ1n) is 7.90. The second kappa shape index (κ2) is 7.09. The Kier molecular flexibility index (Phi) is 6.03. The third-order valence-corrected chi connectivity index (χ3v) is 4.25. The van der Waals surface area contributed by atoms with Gasteiger partial charge in [0.2, 0.25) is 11.8 Å². The minimum Gasteiger partial charge on any atom is -0.342 e. The number of amides is 2. The lowest BCUT2D eigenvalue weighted by Gasteiger charge is -2.42. The van der Waals surface area contributed by atoms with Crippen LogP contribution < -0.4 is 5.32 Å². The topological polar surface area (TPSA) is 49.4 Å². The number of rotatable bonds is 6. The van der Waals surface area contributed by atoms with Gasteiger partial charge in [0.1, 0.15) is 12.1 Å². The molecule has 1 saturated heterocycles. The molecule has 1 heterocycles. The second-order valence-corrected chi connectivity index (χ2v) is 6.77. The molecule has 1 rings (SSSR count). The Balaban J connectivity index is 2.97. The van der Waals surface area contributed by atoms with E-state index in [9.17, 15) is 9.59 Å². The van der Waals surface area contributed by atoms with Crippen LogP contribution in [-0.2, 0) is 9.59 Å². The fourth-order valence-electron chi connectivity index (χ4n) is 2.64. The van der Waals surface area contributed by atoms with Crippen molar-refractivity contribution < 1.29 is 9.59 Å². The van der Waals surface area contributed by atoms with Crippen LogP contribution in [0, 0.1) is 17.8 Å². The number of hydrogen-bond acceptors (Lipinski definition) is 2. The molecule has 20 heavy (non-hydrogen) atoms. The summed E-state index contributed by atoms with van der Waals surface area (Å²) < 4.78 is 0. The summed E-state index contributed by atoms with van der Waals surface area (Å²) in [7, 11) is 0. The quantitative estimate of drug-likeness (QED) is 0.813. The highest BCUT2D eigenvalue weighted by molar-refractivity contribution is 5.97. The summed E-state index contributed by atoms with van der Waals surface area (Å²) in [6, 6.07) is -0.670. The highest BCUT2D eigenvalue weighted by Crippen LogP contribution is 2.23. The van der Waals surface area contributed by atoms with Gasteiger partial charge >= 0.3 is 0 Å². The summed E-state index contributed by atoms with van der Waals surface area (Å²) >= 11 is 0. The van der Waals surface area contributed by atoms with Crippen LogP contribution in [-0.4, -0.2) is 35.3 Å². The molecule has 0 saturated carbocycles. The molecule has 0 spiro atoms. The number of carbonyl (C=O) groups is 2. The van der Waals surface area contributed by atoms with Crippen molar-refractivity contribution in [3.05, 3.63) is 0 Å². The second-order valence-electron chi connectivity index (χ2n) is 6.77. The van der Waals surface area contributed by atoms with E-state index >= 15 is 0 Å². The summed E-state index contributed by atoms with van der Waals surface area (Å²) in [5.74, 6) is 0.958. The monoisotopic (exact) mass is 282 g/mol. The average Bonchev–Trinajstić information content (AvgIpc) is 2.37. The first-order valence-corrected chi connectivity index (χ1v) is 7.90. The minimum absolute atomic E-state index is 0.0152. The zero-order valence-corrected chi connectivity index (χ0v) is 13.8. The summed E-state index contributed by atoms with van der Waals surface area (Å²) in [4.78, 5) is 26.9. The van der Waals surface area contributed by atoms with E-state index in [1.165, 1.54) is 0 Å². The molecule has 1 fully saturated rings. The van der Waals surface area contributed by atoms with Crippen molar-refractivity contribution in [1.29, 1.82) is 0 Å². The molecule has 4 nitrogen and oxygen atoms in total. The van der Waals surface area contributed by atoms with Gasteiger partial charge in [0.15, 0.2) is 0 Å². The standard InChI is InChI=1S/C16H30N2O2/c1-7-12(6)14-15(19)17-13(11(4)5)16(20)18(14)9-8-10(2)3/h10-14H,7-9H2,1-6H3,(H,17,19). The smallest absolute Gasteiger partial charge is 0.246 e. The highest BCUT2D eigenvalue weighted by atomic mass is 16.2. The molecule has 4 heteroatoms. The van der Waals surface area contributed by atoms with Crippen molar-refractivity contribution in [2.45, 2.75) is 66.5 Å². The summed E-state index contributed by atoms with van der Waals surface area (Å²) in [6.07, 6.45) is 1.84. The number of piperazine rings is 1. The number of carbonyl (C=O) groups excluding carboxylic acids is 2. The SMILES string of the molecule is CCC(C)C1C(=O)NC(C(C)C)C(=O)N1CCC(C)C. The van der Waals surface area contributed by atoms with Crippen molar-refractivity contribution in [3.63, 3.8) is 0 Å². The van der Waals surface area contributed by atoms with Crippen LogP contribution in [0.4, 0.5) is 0 Å². The molecule has 0 aliphatic carbocycles. The zero-order chi connectivity index (χ0) is 15.4. The van der Waals surface area contributed by atoms with Gasteiger partial charge in [0.05, 0.1) is 0 Å². The fraction of sp³-hybridized carbons (Fsp3) is 0.875. The van der Waals surface area contributed by atoms with Crippen LogP contribution in [0.1, 0.15) is 54.4 Å². The van der Waals surface area contributed by atoms with Crippen LogP contribution in [0.2, 0.25) is 0 Å². The van der Waals surface area contributed by atoms with E-state index in [2.05, 4.69) is 33.0 Å². The lowest BCUT2D eigenvalue weighted by atomic mass is 9.90. The number of nitrogens with zero attached hydrogens (tertiary/aromatic N) is 1. The highest BCUT2D eigenvalue weighted by Gasteiger charge is 2.43. The van der Waals surface area contributed by atoms with Gasteiger partial charge in [-0.1, -0.05) is 48.0 Å². The third kappa shape index (κ3) is 3.74. The van der Waals surface area contributed by atoms with Crippen molar-refractivity contribution in [1.82, 2.24) is 10.2 Å². The van der Waals surface area contributed by atoms with Crippen LogP contribution in [0.15, 0.2) is 0 Å². The molecule has 1 aliphatic heterocycles. The summed E-state index contributed by atoms with van der Waals surface area (Å²) in [5, 5.41) is 2.92. The molecule has 0 bridgehead atoms. The number of hydrogen-bond donors (Lipinski definition) is 1. The molecular weight excluding hydrogens is 252 g/mol. The van der Waals surface area contributed by atoms with E-state index in [0.29, 0.717) is 12.5 Å². The molecule has 1 N–H and O–H groups in total. The van der Waals surface area contributed by atoms with Gasteiger partial charge in [-0.3, -0.25) is 9.59 Å². The zero-order valence-electron chi connectivity index (χ0n) is 13.8. The van der Waals surface area contributed by atoms with Gasteiger partial charge in [-0.2, -0.15) is 0 Å². The van der Waals surface area contributed by atoms with E-state index in [0.717, 1.165) is 12.8 Å². The van der Waals surface area contributed by atoms with Gasteiger partial charge in [-0.25, -0.2) is 0 Å². The van der Waals surface area contributed by atoms with Gasteiger partial charge in [-0.15, -0.1) is 0 Å². The summed E-state index contributed by atoms with van der Waals surface area (Å²) in [5.41, 5.74) is 0. The molecular formula is C16H30N2O2. The van der Waals surface area contributed by atoms with Crippen molar-refractivity contribution in [2.24, 2.45) is 17.8 Å². The molecule has 3 atom stereocenters. The molecule has 2 amide bonds. The van der Waals surface area contributed by atoms with Crippen molar-refractivity contribution in [2.75, 3.05) is 6.54 Å². The first kappa shape index (κ1) is 17.0. The van der Waals surface area contributed by atoms with E-state index in [1.807, 2.05) is 18.7 Å². The van der Waals surface area contributed by atoms with Crippen LogP contribution in [0.3, 0.4) is 0 Å². The Labute approximate surface area is 123 Å². The van der Waals surface area contributed by atoms with Gasteiger partial charge < -0.3 is 10.2 Å². The van der Waals surface area contributed by atoms with E-state index in [4.69, 9.17) is 0 Å². The van der Waals surface area contributed by atoms with E-state index in [1.54, 1.807) is 0 Å². The lowest BCUT2D eigenvalue weighted by molar-refractivity contribution is -0.153. The molecule has 0 aromatic rings. The van der Waals surface area contributed by atoms with Crippen LogP contribution in [0.5, 0.6) is 0 Å². The molecule has 0 radical (unpaired) electrons. The Bertz CT molecular complexity index is 352. The predicted molar refractivity (Wildman–Crippen MR) is 81.2 cm³/mol. The minimum atomic E-state index is -0.366. The fourth-order valence-corrected chi connectivity index (χ4v) is 2.64. The Hall–Kier alpha value is -1.06. The molecule has 0 aromatic carbocycles. The van der Waals surface area contributed by atoms with Crippen molar-refractivity contribution in [3.8, 4) is 0 Å². The van der Waals surface area contributed by atoms with Gasteiger partial charge in [0, 0.05) is 6.54 Å². The largest absolute Gasteiger partial charge is 0.342 e. The Morgan fingerprint density at radius 3 is 2.20 bits per heavy atom. The van der Waals surface area contributed by atoms with Crippen LogP contribution in [0.25, 0.3) is 0 Å². The first-order chi connectivity index (χ1) is 9.29. The maximum absolute atomic E-state index is 12.7. The average molecular weight is 282 g/mol. The summed E-state index contributed by atoms with van der Waals surface area (Å²) in [6.45, 7) is 13.1. The maximum atomic E-state index is 12.7. The third-order valence-electron chi connectivity index (χ3n) is 4.25. The maximum Gasteiger partial charge on any atom is 0.246 e. The van der Waals surface area contributed by atoms with Gasteiger partial charge in [0.25, 0.3) is 0 Å². The van der Waals surface area contributed by atoms with E-state index in [-0.39, 0.29) is 35.7 Å². The predicted octanol–water partition coefficient (Wildman–Crippen LogP) is 2.43. The normalized spacial score (nSPS) is 25.3. The molecule has 0 aromatic heterocycles. The number of nitrogens with one attached hydrogen (secondary N) is 1. The van der Waals surface area contributed by atoms with Crippen LogP contribution >= 0.6 is 0 Å². The lowest BCUT2D eigenvalue weighted by Crippen LogP contribution is -2.66. The molecule has 1 aliphatic rings. The van der Waals surface area contributed by atoms with E-state index < -0.39 is 0 Å². The molecule has 116 valence electrons. The molecule has 3 unspecified atom stereocenters. The Morgan fingerprint density at radius 2 is 1.75 bits per heavy atom. The van der Waals surface area contributed by atoms with Gasteiger partial charge in [-0.05, 0) is 24.2 Å². The van der Waals surface area contributed by atoms with Crippen molar-refractivity contribution >= 4 is 11.8 Å². The Morgan fingerprint density at radius 1 is 1.15 bits per heavy atom.